The summed E-state index contributed by atoms with van der Waals surface area (Å²) in [6, 6.07) is 18.6. The molecule has 0 N–H and O–H groups in total. The highest BCUT2D eigenvalue weighted by molar-refractivity contribution is 6.12. The van der Waals surface area contributed by atoms with Gasteiger partial charge in [0.1, 0.15) is 0 Å². The fourth-order valence-electron chi connectivity index (χ4n) is 4.22. The van der Waals surface area contributed by atoms with E-state index in [9.17, 15) is 14.4 Å². The second-order valence-electron chi connectivity index (χ2n) is 6.93. The second kappa shape index (κ2) is 5.41. The van der Waals surface area contributed by atoms with E-state index in [0.717, 1.165) is 10.1 Å². The van der Waals surface area contributed by atoms with Gasteiger partial charge in [0.05, 0.1) is 5.71 Å². The Morgan fingerprint density at radius 1 is 0.857 bits per heavy atom. The number of nitrogens with zero attached hydrogens (tertiary/aromatic N) is 5. The van der Waals surface area contributed by atoms with Crippen molar-refractivity contribution in [3.8, 4) is 0 Å². The number of carbonyl (C=O) groups excluding carboxylic acids is 1. The molecule has 0 radical (unpaired) electrons. The summed E-state index contributed by atoms with van der Waals surface area (Å²) in [6.45, 7) is 0. The molecule has 0 saturated carbocycles. The fraction of sp³-hybridized carbons (Fsp3) is 0.200. The second-order valence-corrected chi connectivity index (χ2v) is 6.93. The van der Waals surface area contributed by atoms with Crippen LogP contribution in [0.5, 0.6) is 0 Å². The number of rotatable bonds is 2. The SMILES string of the molecule is CN1C(=O)C2N=C(c3ccccc3)C1(c1ccccc1)n1c(=O)n(C)c(=O)n12. The lowest BCUT2D eigenvalue weighted by Gasteiger charge is -2.51. The molecule has 3 aliphatic heterocycles. The first-order chi connectivity index (χ1) is 13.5. The van der Waals surface area contributed by atoms with E-state index in [-0.39, 0.29) is 5.91 Å². The summed E-state index contributed by atoms with van der Waals surface area (Å²) in [5.74, 6) is -0.337. The number of likely N-dealkylation sites (N-methyl/N-ethyl adjacent to an activating group) is 1. The van der Waals surface area contributed by atoms with E-state index >= 15 is 0 Å². The minimum absolute atomic E-state index is 0.337. The zero-order valence-corrected chi connectivity index (χ0v) is 15.3. The number of carbonyl (C=O) groups is 1. The van der Waals surface area contributed by atoms with Crippen LogP contribution in [0.25, 0.3) is 0 Å². The first kappa shape index (κ1) is 16.5. The van der Waals surface area contributed by atoms with Crippen molar-refractivity contribution < 1.29 is 4.79 Å². The van der Waals surface area contributed by atoms with Crippen LogP contribution in [0.4, 0.5) is 0 Å². The van der Waals surface area contributed by atoms with E-state index in [2.05, 4.69) is 4.99 Å². The smallest absolute Gasteiger partial charge is 0.308 e. The van der Waals surface area contributed by atoms with Crippen molar-refractivity contribution in [2.75, 3.05) is 7.05 Å². The molecule has 1 amide bonds. The Labute approximate surface area is 159 Å². The van der Waals surface area contributed by atoms with Crippen LogP contribution in [0.3, 0.4) is 0 Å². The average Bonchev–Trinajstić information content (AvgIpc) is 2.97. The molecule has 2 atom stereocenters. The van der Waals surface area contributed by atoms with E-state index < -0.39 is 23.2 Å². The summed E-state index contributed by atoms with van der Waals surface area (Å²) in [6.07, 6.45) is -1.10. The van der Waals surface area contributed by atoms with Gasteiger partial charge in [0.25, 0.3) is 5.91 Å². The summed E-state index contributed by atoms with van der Waals surface area (Å²) in [7, 11) is 3.06. The number of benzene rings is 2. The van der Waals surface area contributed by atoms with Crippen molar-refractivity contribution in [1.82, 2.24) is 18.8 Å². The number of hydrogen-bond donors (Lipinski definition) is 0. The highest BCUT2D eigenvalue weighted by Crippen LogP contribution is 2.42. The van der Waals surface area contributed by atoms with Gasteiger partial charge in [-0.3, -0.25) is 4.79 Å². The molecule has 2 aromatic carbocycles. The van der Waals surface area contributed by atoms with Crippen molar-refractivity contribution in [3.05, 3.63) is 92.8 Å². The van der Waals surface area contributed by atoms with Gasteiger partial charge >= 0.3 is 11.4 Å². The molecule has 3 aromatic rings. The normalized spacial score (nSPS) is 22.9. The minimum Gasteiger partial charge on any atom is -0.308 e. The maximum Gasteiger partial charge on any atom is 0.349 e. The summed E-state index contributed by atoms with van der Waals surface area (Å²) in [4.78, 5) is 45.2. The number of aromatic nitrogens is 3. The Kier molecular flexibility index (Phi) is 3.19. The first-order valence-corrected chi connectivity index (χ1v) is 8.87. The van der Waals surface area contributed by atoms with Crippen LogP contribution in [0.15, 0.2) is 75.2 Å². The summed E-state index contributed by atoms with van der Waals surface area (Å²) in [5.41, 5.74) is -0.405. The lowest BCUT2D eigenvalue weighted by Crippen LogP contribution is -2.70. The van der Waals surface area contributed by atoms with Gasteiger partial charge in [-0.25, -0.2) is 19.1 Å². The van der Waals surface area contributed by atoms with E-state index in [0.29, 0.717) is 11.3 Å². The zero-order chi connectivity index (χ0) is 19.6. The maximum absolute atomic E-state index is 13.1. The Bertz CT molecular complexity index is 1250. The quantitative estimate of drug-likeness (QED) is 0.655. The Balaban J connectivity index is 1.99. The molecular weight excluding hydrogens is 358 g/mol. The van der Waals surface area contributed by atoms with Crippen molar-refractivity contribution in [1.29, 1.82) is 0 Å². The van der Waals surface area contributed by atoms with E-state index in [1.165, 1.54) is 21.3 Å². The molecule has 140 valence electrons. The van der Waals surface area contributed by atoms with Crippen molar-refractivity contribution in [2.45, 2.75) is 11.8 Å². The molecule has 0 spiro atoms. The van der Waals surface area contributed by atoms with Gasteiger partial charge < -0.3 is 4.90 Å². The van der Waals surface area contributed by atoms with Gasteiger partial charge in [-0.1, -0.05) is 60.7 Å². The van der Waals surface area contributed by atoms with Gasteiger partial charge in [-0.2, -0.15) is 9.36 Å². The zero-order valence-electron chi connectivity index (χ0n) is 15.3. The third-order valence-electron chi connectivity index (χ3n) is 5.55. The molecule has 1 aromatic heterocycles. The maximum atomic E-state index is 13.1. The Hall–Kier alpha value is -3.68. The number of aliphatic imine (C=N–C) groups is 1. The van der Waals surface area contributed by atoms with E-state index in [4.69, 9.17) is 0 Å². The van der Waals surface area contributed by atoms with Gasteiger partial charge in [0, 0.05) is 25.2 Å². The van der Waals surface area contributed by atoms with Crippen LogP contribution in [0.1, 0.15) is 17.3 Å². The van der Waals surface area contributed by atoms with Gasteiger partial charge in [0.2, 0.25) is 11.8 Å². The first-order valence-electron chi connectivity index (χ1n) is 8.87. The lowest BCUT2D eigenvalue weighted by molar-refractivity contribution is -0.146. The highest BCUT2D eigenvalue weighted by atomic mass is 16.2. The molecule has 6 rings (SSSR count). The Morgan fingerprint density at radius 3 is 2.11 bits per heavy atom. The standard InChI is InChI=1S/C20H17N5O3/c1-22-18(27)24-16-17(26)23(2)20(25(24)19(22)28,14-11-7-4-8-12-14)15(21-16)13-9-5-3-6-10-13/h3-12,16H,1-2H3. The predicted octanol–water partition coefficient (Wildman–Crippen LogP) is 0.523. The van der Waals surface area contributed by atoms with Gasteiger partial charge in [-0.15, -0.1) is 0 Å². The predicted molar refractivity (Wildman–Crippen MR) is 102 cm³/mol. The van der Waals surface area contributed by atoms with Gasteiger partial charge in [0.15, 0.2) is 0 Å². The van der Waals surface area contributed by atoms with Crippen molar-refractivity contribution in [2.24, 2.45) is 12.0 Å². The number of fused-ring (bicyclic) bond motifs is 1. The summed E-state index contributed by atoms with van der Waals surface area (Å²) >= 11 is 0. The minimum atomic E-state index is -1.36. The molecule has 0 fully saturated rings. The molecule has 4 heterocycles. The molecule has 3 aliphatic rings. The highest BCUT2D eigenvalue weighted by Gasteiger charge is 2.59. The topological polar surface area (TPSA) is 81.6 Å². The molecule has 2 unspecified atom stereocenters. The molecule has 2 bridgehead atoms. The molecular formula is C20H17N5O3. The van der Waals surface area contributed by atoms with Crippen molar-refractivity contribution in [3.63, 3.8) is 0 Å². The molecule has 8 nitrogen and oxygen atoms in total. The van der Waals surface area contributed by atoms with E-state index in [1.807, 2.05) is 60.7 Å². The number of hydrogen-bond acceptors (Lipinski definition) is 4. The van der Waals surface area contributed by atoms with Crippen LogP contribution in [-0.2, 0) is 17.5 Å². The largest absolute Gasteiger partial charge is 0.349 e. The van der Waals surface area contributed by atoms with Crippen LogP contribution < -0.4 is 11.4 Å². The third kappa shape index (κ3) is 1.74. The average molecular weight is 375 g/mol. The molecule has 28 heavy (non-hydrogen) atoms. The van der Waals surface area contributed by atoms with Crippen molar-refractivity contribution >= 4 is 11.6 Å². The third-order valence-corrected chi connectivity index (χ3v) is 5.55. The molecule has 8 heteroatoms. The Morgan fingerprint density at radius 2 is 1.46 bits per heavy atom. The van der Waals surface area contributed by atoms with Gasteiger partial charge in [-0.05, 0) is 0 Å². The lowest BCUT2D eigenvalue weighted by atomic mass is 9.85. The van der Waals surface area contributed by atoms with Crippen LogP contribution >= 0.6 is 0 Å². The monoisotopic (exact) mass is 375 g/mol. The summed E-state index contributed by atoms with van der Waals surface area (Å²) < 4.78 is 3.55. The molecule has 0 aliphatic carbocycles. The van der Waals surface area contributed by atoms with E-state index in [1.54, 1.807) is 7.05 Å². The summed E-state index contributed by atoms with van der Waals surface area (Å²) in [5, 5.41) is 0. The van der Waals surface area contributed by atoms with Crippen LogP contribution in [0, 0.1) is 0 Å². The van der Waals surface area contributed by atoms with Crippen LogP contribution in [0.2, 0.25) is 0 Å². The van der Waals surface area contributed by atoms with Crippen LogP contribution in [-0.4, -0.2) is 37.5 Å². The molecule has 0 saturated heterocycles. The fourth-order valence-corrected chi connectivity index (χ4v) is 4.22. The number of amides is 1.